The lowest BCUT2D eigenvalue weighted by Crippen LogP contribution is -2.44. The smallest absolute Gasteiger partial charge is 0.313 e. The van der Waals surface area contributed by atoms with Crippen LogP contribution in [0.15, 0.2) is 18.2 Å². The largest absolute Gasteiger partial charge is 0.345 e. The second-order valence-electron chi connectivity index (χ2n) is 7.45. The van der Waals surface area contributed by atoms with Gasteiger partial charge in [-0.05, 0) is 55.2 Å². The molecule has 1 aromatic rings. The molecule has 0 spiro atoms. The fourth-order valence-electron chi connectivity index (χ4n) is 3.32. The molecule has 6 heteroatoms. The Labute approximate surface area is 153 Å². The van der Waals surface area contributed by atoms with Crippen molar-refractivity contribution in [1.29, 1.82) is 0 Å². The second kappa shape index (κ2) is 8.17. The van der Waals surface area contributed by atoms with Gasteiger partial charge in [0.1, 0.15) is 5.82 Å². The Morgan fingerprint density at radius 1 is 1.20 bits per heavy atom. The molecule has 1 saturated carbocycles. The summed E-state index contributed by atoms with van der Waals surface area (Å²) in [5, 5.41) is 5.13. The summed E-state index contributed by atoms with van der Waals surface area (Å²) in [6.45, 7) is 6.79. The van der Waals surface area contributed by atoms with Crippen LogP contribution in [-0.2, 0) is 9.59 Å². The van der Waals surface area contributed by atoms with E-state index in [0.29, 0.717) is 17.0 Å². The molecular weight excluding hydrogens is 343 g/mol. The fraction of sp³-hybridized carbons (Fsp3) is 0.579. The van der Waals surface area contributed by atoms with Gasteiger partial charge in [-0.1, -0.05) is 38.8 Å². The molecule has 0 saturated heterocycles. The third-order valence-electron chi connectivity index (χ3n) is 5.46. The Kier molecular flexibility index (Phi) is 6.44. The van der Waals surface area contributed by atoms with Gasteiger partial charge in [-0.25, -0.2) is 4.39 Å². The minimum absolute atomic E-state index is 0.0268. The molecule has 1 fully saturated rings. The van der Waals surface area contributed by atoms with Crippen LogP contribution < -0.4 is 10.6 Å². The summed E-state index contributed by atoms with van der Waals surface area (Å²) in [6.07, 6.45) is 5.02. The van der Waals surface area contributed by atoms with Gasteiger partial charge in [-0.3, -0.25) is 9.59 Å². The molecule has 0 aliphatic heterocycles. The maximum atomic E-state index is 13.1. The number of nitrogens with one attached hydrogen (secondary N) is 2. The van der Waals surface area contributed by atoms with Crippen LogP contribution in [0.3, 0.4) is 0 Å². The lowest BCUT2D eigenvalue weighted by atomic mass is 9.69. The van der Waals surface area contributed by atoms with Gasteiger partial charge in [0.2, 0.25) is 0 Å². The van der Waals surface area contributed by atoms with Crippen LogP contribution in [-0.4, -0.2) is 17.9 Å². The van der Waals surface area contributed by atoms with E-state index in [4.69, 9.17) is 11.6 Å². The third kappa shape index (κ3) is 5.18. The van der Waals surface area contributed by atoms with Crippen LogP contribution in [0, 0.1) is 17.2 Å². The van der Waals surface area contributed by atoms with E-state index in [9.17, 15) is 14.0 Å². The molecule has 25 heavy (non-hydrogen) atoms. The van der Waals surface area contributed by atoms with E-state index < -0.39 is 17.6 Å². The average molecular weight is 369 g/mol. The Balaban J connectivity index is 1.84. The number of anilines is 1. The van der Waals surface area contributed by atoms with Crippen LogP contribution >= 0.6 is 11.6 Å². The van der Waals surface area contributed by atoms with Crippen molar-refractivity contribution in [3.8, 4) is 0 Å². The number of hydrogen-bond donors (Lipinski definition) is 2. The first kappa shape index (κ1) is 19.7. The molecule has 0 unspecified atom stereocenters. The number of benzene rings is 1. The SMILES string of the molecule is CCC(C)(C)C1CCC(NC(=O)C(=O)Nc2ccc(F)c(Cl)c2)CC1. The van der Waals surface area contributed by atoms with Gasteiger partial charge in [0.05, 0.1) is 5.02 Å². The fourth-order valence-corrected chi connectivity index (χ4v) is 3.50. The topological polar surface area (TPSA) is 58.2 Å². The summed E-state index contributed by atoms with van der Waals surface area (Å²) in [6, 6.07) is 3.82. The number of hydrogen-bond acceptors (Lipinski definition) is 2. The quantitative estimate of drug-likeness (QED) is 0.767. The molecule has 0 radical (unpaired) electrons. The second-order valence-corrected chi connectivity index (χ2v) is 7.85. The average Bonchev–Trinajstić information content (AvgIpc) is 2.58. The monoisotopic (exact) mass is 368 g/mol. The van der Waals surface area contributed by atoms with Crippen molar-refractivity contribution >= 4 is 29.1 Å². The molecule has 2 amide bonds. The first-order valence-corrected chi connectivity index (χ1v) is 9.17. The molecule has 1 aliphatic carbocycles. The Morgan fingerprint density at radius 2 is 1.84 bits per heavy atom. The van der Waals surface area contributed by atoms with Crippen molar-refractivity contribution in [1.82, 2.24) is 5.32 Å². The maximum absolute atomic E-state index is 13.1. The minimum Gasteiger partial charge on any atom is -0.345 e. The first-order valence-electron chi connectivity index (χ1n) is 8.80. The highest BCUT2D eigenvalue weighted by Crippen LogP contribution is 2.40. The van der Waals surface area contributed by atoms with Crippen molar-refractivity contribution in [2.24, 2.45) is 11.3 Å². The zero-order chi connectivity index (χ0) is 18.6. The van der Waals surface area contributed by atoms with E-state index in [2.05, 4.69) is 31.4 Å². The van der Waals surface area contributed by atoms with Gasteiger partial charge in [0, 0.05) is 11.7 Å². The molecule has 0 bridgehead atoms. The summed E-state index contributed by atoms with van der Waals surface area (Å²) in [5.41, 5.74) is 0.605. The van der Waals surface area contributed by atoms with E-state index in [1.54, 1.807) is 0 Å². The highest BCUT2D eigenvalue weighted by molar-refractivity contribution is 6.40. The van der Waals surface area contributed by atoms with Gasteiger partial charge >= 0.3 is 11.8 Å². The summed E-state index contributed by atoms with van der Waals surface area (Å²) in [7, 11) is 0. The summed E-state index contributed by atoms with van der Waals surface area (Å²) in [4.78, 5) is 24.1. The van der Waals surface area contributed by atoms with Crippen LogP contribution in [0.2, 0.25) is 5.02 Å². The number of halogens is 2. The van der Waals surface area contributed by atoms with E-state index in [1.807, 2.05) is 0 Å². The Bertz CT molecular complexity index is 640. The zero-order valence-electron chi connectivity index (χ0n) is 15.0. The van der Waals surface area contributed by atoms with Gasteiger partial charge in [-0.2, -0.15) is 0 Å². The Morgan fingerprint density at radius 3 is 2.40 bits per heavy atom. The van der Waals surface area contributed by atoms with Crippen molar-refractivity contribution in [2.45, 2.75) is 58.9 Å². The molecule has 0 atom stereocenters. The van der Waals surface area contributed by atoms with E-state index in [-0.39, 0.29) is 11.1 Å². The van der Waals surface area contributed by atoms with Crippen molar-refractivity contribution in [3.63, 3.8) is 0 Å². The van der Waals surface area contributed by atoms with Crippen LogP contribution in [0.5, 0.6) is 0 Å². The van der Waals surface area contributed by atoms with Gasteiger partial charge in [0.15, 0.2) is 0 Å². The molecule has 2 rings (SSSR count). The normalized spacial score (nSPS) is 20.8. The predicted molar refractivity (Wildman–Crippen MR) is 98.0 cm³/mol. The minimum atomic E-state index is -0.765. The highest BCUT2D eigenvalue weighted by atomic mass is 35.5. The zero-order valence-corrected chi connectivity index (χ0v) is 15.8. The van der Waals surface area contributed by atoms with Crippen molar-refractivity contribution in [2.75, 3.05) is 5.32 Å². The van der Waals surface area contributed by atoms with Crippen LogP contribution in [0.1, 0.15) is 52.9 Å². The number of amides is 2. The third-order valence-corrected chi connectivity index (χ3v) is 5.75. The van der Waals surface area contributed by atoms with Crippen molar-refractivity contribution in [3.05, 3.63) is 29.0 Å². The van der Waals surface area contributed by atoms with E-state index in [1.165, 1.54) is 12.1 Å². The number of carbonyl (C=O) groups is 2. The number of rotatable bonds is 4. The lowest BCUT2D eigenvalue weighted by Gasteiger charge is -2.39. The van der Waals surface area contributed by atoms with Gasteiger partial charge in [-0.15, -0.1) is 0 Å². The summed E-state index contributed by atoms with van der Waals surface area (Å²) in [5.74, 6) is -1.35. The molecular formula is C19H26ClFN2O2. The molecule has 1 aliphatic rings. The van der Waals surface area contributed by atoms with E-state index in [0.717, 1.165) is 38.2 Å². The van der Waals surface area contributed by atoms with Gasteiger partial charge < -0.3 is 10.6 Å². The highest BCUT2D eigenvalue weighted by Gasteiger charge is 2.32. The first-order chi connectivity index (χ1) is 11.7. The standard InChI is InChI=1S/C19H26ClFN2O2/c1-4-19(2,3)12-5-7-13(8-6-12)22-17(24)18(25)23-14-9-10-16(21)15(20)11-14/h9-13H,4-8H2,1-3H3,(H,22,24)(H,23,25). The molecule has 138 valence electrons. The molecule has 4 nitrogen and oxygen atoms in total. The summed E-state index contributed by atoms with van der Waals surface area (Å²) >= 11 is 5.67. The molecule has 2 N–H and O–H groups in total. The van der Waals surface area contributed by atoms with Crippen LogP contribution in [0.4, 0.5) is 10.1 Å². The molecule has 1 aromatic carbocycles. The number of carbonyl (C=O) groups excluding carboxylic acids is 2. The van der Waals surface area contributed by atoms with Crippen molar-refractivity contribution < 1.29 is 14.0 Å². The van der Waals surface area contributed by atoms with E-state index >= 15 is 0 Å². The molecule has 0 heterocycles. The Hall–Kier alpha value is -1.62. The summed E-state index contributed by atoms with van der Waals surface area (Å²) < 4.78 is 13.1. The van der Waals surface area contributed by atoms with Crippen LogP contribution in [0.25, 0.3) is 0 Å². The maximum Gasteiger partial charge on any atom is 0.313 e. The van der Waals surface area contributed by atoms with Gasteiger partial charge in [0.25, 0.3) is 0 Å². The predicted octanol–water partition coefficient (Wildman–Crippen LogP) is 4.53. The lowest BCUT2D eigenvalue weighted by molar-refractivity contribution is -0.136. The molecule has 0 aromatic heterocycles.